The molecular formula is C39H49BrN2O. The minimum atomic E-state index is -0.301. The van der Waals surface area contributed by atoms with Gasteiger partial charge in [0.25, 0.3) is 0 Å². The average Bonchev–Trinajstić information content (AvgIpc) is 3.20. The molecule has 1 heterocycles. The van der Waals surface area contributed by atoms with E-state index in [2.05, 4.69) is 135 Å². The molecule has 0 bridgehead atoms. The van der Waals surface area contributed by atoms with Crippen LogP contribution in [0.3, 0.4) is 0 Å². The van der Waals surface area contributed by atoms with Crippen molar-refractivity contribution >= 4 is 39.7 Å². The predicted octanol–water partition coefficient (Wildman–Crippen LogP) is 8.79. The summed E-state index contributed by atoms with van der Waals surface area (Å²) >= 11 is 3.66. The number of hydrogen-bond donors (Lipinski definition) is 0. The van der Waals surface area contributed by atoms with Crippen LogP contribution >= 0.6 is 15.9 Å². The van der Waals surface area contributed by atoms with Gasteiger partial charge in [0.05, 0.1) is 12.8 Å². The average molecular weight is 642 g/mol. The summed E-state index contributed by atoms with van der Waals surface area (Å²) in [6, 6.07) is 21.7. The number of hydrogen-bond acceptors (Lipinski definition) is 3. The summed E-state index contributed by atoms with van der Waals surface area (Å²) in [5.74, 6) is 0.674. The lowest BCUT2D eigenvalue weighted by molar-refractivity contribution is 0.278. The van der Waals surface area contributed by atoms with Crippen LogP contribution in [0.2, 0.25) is 0 Å². The summed E-state index contributed by atoms with van der Waals surface area (Å²) in [7, 11) is 3.95. The summed E-state index contributed by atoms with van der Waals surface area (Å²) in [5.41, 5.74) is 6.85. The van der Waals surface area contributed by atoms with Gasteiger partial charge in [0, 0.05) is 21.4 Å². The highest BCUT2D eigenvalue weighted by atomic mass is 79.9. The Morgan fingerprint density at radius 1 is 1.12 bits per heavy atom. The van der Waals surface area contributed by atoms with Gasteiger partial charge in [-0.05, 0) is 97.7 Å². The molecule has 0 fully saturated rings. The monoisotopic (exact) mass is 640 g/mol. The molecule has 0 spiro atoms. The third-order valence-corrected chi connectivity index (χ3v) is 9.03. The van der Waals surface area contributed by atoms with Gasteiger partial charge in [-0.3, -0.25) is 0 Å². The van der Waals surface area contributed by atoms with Gasteiger partial charge in [-0.2, -0.15) is 0 Å². The van der Waals surface area contributed by atoms with Crippen LogP contribution in [0.1, 0.15) is 69.2 Å². The number of aliphatic imine (C=N–C) groups is 1. The van der Waals surface area contributed by atoms with E-state index >= 15 is 0 Å². The number of ether oxygens (including phenoxy) is 1. The van der Waals surface area contributed by atoms with Gasteiger partial charge in [0.1, 0.15) is 0 Å². The Morgan fingerprint density at radius 2 is 1.84 bits per heavy atom. The molecule has 0 aliphatic carbocycles. The van der Waals surface area contributed by atoms with E-state index in [1.807, 2.05) is 26.0 Å². The maximum Gasteiger partial charge on any atom is 0.217 e. The van der Waals surface area contributed by atoms with E-state index in [1.165, 1.54) is 32.7 Å². The molecule has 3 aromatic rings. The Balaban J connectivity index is 0.00000248. The van der Waals surface area contributed by atoms with Gasteiger partial charge in [0.2, 0.25) is 5.90 Å². The number of aryl methyl sites for hydroxylation is 1. The number of halogens is 1. The minimum absolute atomic E-state index is 0.00631. The summed E-state index contributed by atoms with van der Waals surface area (Å²) in [5, 5.41) is 2.46. The summed E-state index contributed by atoms with van der Waals surface area (Å²) in [6.07, 6.45) is 10.4. The summed E-state index contributed by atoms with van der Waals surface area (Å²) in [6.45, 7) is 19.1. The Bertz CT molecular complexity index is 1570. The van der Waals surface area contributed by atoms with Gasteiger partial charge in [-0.1, -0.05) is 117 Å². The molecule has 0 saturated heterocycles. The lowest BCUT2D eigenvalue weighted by Crippen LogP contribution is -2.44. The lowest BCUT2D eigenvalue weighted by atomic mass is 9.62. The molecule has 3 aromatic carbocycles. The van der Waals surface area contributed by atoms with E-state index in [0.717, 1.165) is 41.7 Å². The van der Waals surface area contributed by atoms with E-state index in [9.17, 15) is 0 Å². The van der Waals surface area contributed by atoms with Gasteiger partial charge in [0.15, 0.2) is 0 Å². The second-order valence-corrected chi connectivity index (χ2v) is 12.0. The zero-order chi connectivity index (χ0) is 31.6. The van der Waals surface area contributed by atoms with Gasteiger partial charge in [-0.15, -0.1) is 0 Å². The second-order valence-electron chi connectivity index (χ2n) is 11.1. The minimum Gasteiger partial charge on any atom is -0.481 e. The molecule has 2 unspecified atom stereocenters. The van der Waals surface area contributed by atoms with Crippen molar-refractivity contribution in [1.82, 2.24) is 4.90 Å². The first-order chi connectivity index (χ1) is 20.8. The van der Waals surface area contributed by atoms with Crippen LogP contribution in [0.4, 0.5) is 5.69 Å². The molecule has 1 aliphatic heterocycles. The number of benzene rings is 3. The van der Waals surface area contributed by atoms with Gasteiger partial charge in [-0.25, -0.2) is 4.99 Å². The second kappa shape index (κ2) is 16.0. The predicted molar refractivity (Wildman–Crippen MR) is 191 cm³/mol. The Kier molecular flexibility index (Phi) is 12.8. The first-order valence-corrected chi connectivity index (χ1v) is 16.3. The molecule has 0 saturated carbocycles. The molecule has 4 heteroatoms. The van der Waals surface area contributed by atoms with Crippen molar-refractivity contribution in [2.24, 2.45) is 4.99 Å². The molecule has 43 heavy (non-hydrogen) atoms. The molecule has 228 valence electrons. The number of rotatable bonds is 9. The standard InChI is InChI=1S/C37H43BrN2O.C2H6/c1-8-14-31-27(9-2)18-17-26(4)34(31)37(5,23-24-40(6)10-3)35(28-15-12-11-13-16-28)32-21-19-29-25-30(38)20-22-33(29)39-36(32)41-7;1-2/h8-9,11-18,20-22,25,35H,1,10,19,23-24H2,2-7H3;1-2H3/b27-9-,31-14+;. The molecule has 0 amide bonds. The largest absolute Gasteiger partial charge is 0.481 e. The molecule has 0 N–H and O–H groups in total. The van der Waals surface area contributed by atoms with Crippen LogP contribution in [0.25, 0.3) is 12.2 Å². The fraction of sp³-hybridized carbons (Fsp3) is 0.359. The van der Waals surface area contributed by atoms with E-state index in [1.54, 1.807) is 7.11 Å². The van der Waals surface area contributed by atoms with Crippen LogP contribution in [-0.4, -0.2) is 38.0 Å². The van der Waals surface area contributed by atoms with Crippen molar-refractivity contribution < 1.29 is 4.74 Å². The van der Waals surface area contributed by atoms with E-state index in [-0.39, 0.29) is 11.3 Å². The van der Waals surface area contributed by atoms with Crippen molar-refractivity contribution in [3.05, 3.63) is 122 Å². The normalized spacial score (nSPS) is 15.8. The molecule has 3 nitrogen and oxygen atoms in total. The Hall–Kier alpha value is -3.21. The van der Waals surface area contributed by atoms with Crippen LogP contribution in [0.15, 0.2) is 94.4 Å². The maximum atomic E-state index is 6.13. The third kappa shape index (κ3) is 7.66. The fourth-order valence-electron chi connectivity index (χ4n) is 6.30. The van der Waals surface area contributed by atoms with Crippen molar-refractivity contribution in [3.8, 4) is 0 Å². The van der Waals surface area contributed by atoms with Crippen molar-refractivity contribution in [2.45, 2.75) is 65.7 Å². The molecule has 2 atom stereocenters. The lowest BCUT2D eigenvalue weighted by Gasteiger charge is -2.42. The van der Waals surface area contributed by atoms with E-state index in [0.29, 0.717) is 5.90 Å². The van der Waals surface area contributed by atoms with Crippen LogP contribution < -0.4 is 10.4 Å². The van der Waals surface area contributed by atoms with Crippen molar-refractivity contribution in [1.29, 1.82) is 0 Å². The van der Waals surface area contributed by atoms with Crippen LogP contribution in [0.5, 0.6) is 0 Å². The van der Waals surface area contributed by atoms with Crippen LogP contribution in [-0.2, 0) is 16.6 Å². The molecule has 1 aliphatic rings. The highest BCUT2D eigenvalue weighted by Gasteiger charge is 2.42. The smallest absolute Gasteiger partial charge is 0.217 e. The third-order valence-electron chi connectivity index (χ3n) is 8.53. The Labute approximate surface area is 268 Å². The van der Waals surface area contributed by atoms with Crippen molar-refractivity contribution in [3.63, 3.8) is 0 Å². The zero-order valence-electron chi connectivity index (χ0n) is 27.4. The fourth-order valence-corrected chi connectivity index (χ4v) is 6.70. The van der Waals surface area contributed by atoms with Crippen molar-refractivity contribution in [2.75, 3.05) is 27.2 Å². The van der Waals surface area contributed by atoms with Gasteiger partial charge >= 0.3 is 0 Å². The molecule has 4 rings (SSSR count). The number of methoxy groups -OCH3 is 1. The first kappa shape index (κ1) is 34.3. The quantitative estimate of drug-likeness (QED) is 0.233. The topological polar surface area (TPSA) is 24.8 Å². The van der Waals surface area contributed by atoms with E-state index < -0.39 is 0 Å². The first-order valence-electron chi connectivity index (χ1n) is 15.5. The SMILES string of the molecule is C=C/C=c1/c(C(C)(CCN(C)CC)C(C2=CCc3cc(Br)ccc3N=C2OC)c2ccccc2)c(C)cc/c1=C/C.CC. The summed E-state index contributed by atoms with van der Waals surface area (Å²) < 4.78 is 7.19. The highest BCUT2D eigenvalue weighted by Crippen LogP contribution is 2.47. The van der Waals surface area contributed by atoms with E-state index in [4.69, 9.17) is 9.73 Å². The number of allylic oxidation sites excluding steroid dienone is 2. The molecule has 0 aromatic heterocycles. The maximum absolute atomic E-state index is 6.13. The summed E-state index contributed by atoms with van der Waals surface area (Å²) in [4.78, 5) is 7.53. The number of nitrogens with zero attached hydrogens (tertiary/aromatic N) is 2. The zero-order valence-corrected chi connectivity index (χ0v) is 29.0. The van der Waals surface area contributed by atoms with Crippen LogP contribution in [0, 0.1) is 6.92 Å². The Morgan fingerprint density at radius 3 is 2.47 bits per heavy atom. The molecular weight excluding hydrogens is 592 g/mol. The van der Waals surface area contributed by atoms with Gasteiger partial charge < -0.3 is 9.64 Å². The molecule has 0 radical (unpaired) electrons. The highest BCUT2D eigenvalue weighted by molar-refractivity contribution is 9.10. The number of fused-ring (bicyclic) bond motifs is 1.